The van der Waals surface area contributed by atoms with Gasteiger partial charge in [0.25, 0.3) is 0 Å². The van der Waals surface area contributed by atoms with Crippen LogP contribution in [0.1, 0.15) is 79.1 Å². The van der Waals surface area contributed by atoms with Crippen LogP contribution in [0.5, 0.6) is 5.75 Å². The summed E-state index contributed by atoms with van der Waals surface area (Å²) in [5, 5.41) is 8.73. The van der Waals surface area contributed by atoms with Gasteiger partial charge in [0.1, 0.15) is 5.75 Å². The highest BCUT2D eigenvalue weighted by Gasteiger charge is 2.32. The van der Waals surface area contributed by atoms with Crippen molar-refractivity contribution in [2.75, 3.05) is 13.7 Å². The van der Waals surface area contributed by atoms with Crippen LogP contribution in [0.25, 0.3) is 0 Å². The van der Waals surface area contributed by atoms with Gasteiger partial charge in [0.2, 0.25) is 11.8 Å². The number of methoxy groups -OCH3 is 1. The number of ether oxygens (including phenoxy) is 1. The first-order valence-electron chi connectivity index (χ1n) is 9.73. The standard InChI is InChI=1S/C20H28N4O2/c1-13-11-21-16(14(2)18(13)25-3)12-24-10-5-4-9-17(24)20-23-22-19(26-20)15-7-6-8-15/h11,15,17H,4-10,12H2,1-3H3/t17-/m0/s1. The van der Waals surface area contributed by atoms with E-state index in [9.17, 15) is 0 Å². The number of likely N-dealkylation sites (tertiary alicyclic amines) is 1. The van der Waals surface area contributed by atoms with Crippen LogP contribution in [-0.4, -0.2) is 33.7 Å². The molecule has 4 rings (SSSR count). The smallest absolute Gasteiger partial charge is 0.233 e. The van der Waals surface area contributed by atoms with Crippen LogP contribution in [0.3, 0.4) is 0 Å². The van der Waals surface area contributed by atoms with Gasteiger partial charge in [-0.25, -0.2) is 0 Å². The number of pyridine rings is 1. The summed E-state index contributed by atoms with van der Waals surface area (Å²) in [6, 6.07) is 0.193. The van der Waals surface area contributed by atoms with Crippen LogP contribution >= 0.6 is 0 Å². The third kappa shape index (κ3) is 3.22. The molecule has 0 bridgehead atoms. The Labute approximate surface area is 155 Å². The highest BCUT2D eigenvalue weighted by molar-refractivity contribution is 5.41. The van der Waals surface area contributed by atoms with E-state index >= 15 is 0 Å². The van der Waals surface area contributed by atoms with Crippen molar-refractivity contribution in [1.29, 1.82) is 0 Å². The summed E-state index contributed by atoms with van der Waals surface area (Å²) < 4.78 is 11.6. The van der Waals surface area contributed by atoms with Crippen LogP contribution in [0.2, 0.25) is 0 Å². The molecule has 6 nitrogen and oxygen atoms in total. The number of nitrogens with zero attached hydrogens (tertiary/aromatic N) is 4. The fourth-order valence-corrected chi connectivity index (χ4v) is 4.08. The van der Waals surface area contributed by atoms with Gasteiger partial charge in [-0.2, -0.15) is 0 Å². The Morgan fingerprint density at radius 1 is 1.12 bits per heavy atom. The topological polar surface area (TPSA) is 64.3 Å². The van der Waals surface area contributed by atoms with Gasteiger partial charge in [-0.15, -0.1) is 10.2 Å². The quantitative estimate of drug-likeness (QED) is 0.804. The molecule has 0 N–H and O–H groups in total. The molecule has 0 spiro atoms. The van der Waals surface area contributed by atoms with Gasteiger partial charge >= 0.3 is 0 Å². The van der Waals surface area contributed by atoms with Crippen molar-refractivity contribution in [3.05, 3.63) is 34.8 Å². The molecule has 0 amide bonds. The lowest BCUT2D eigenvalue weighted by Crippen LogP contribution is -2.33. The van der Waals surface area contributed by atoms with Crippen molar-refractivity contribution in [3.8, 4) is 5.75 Å². The number of hydrogen-bond donors (Lipinski definition) is 0. The summed E-state index contributed by atoms with van der Waals surface area (Å²) in [5.41, 5.74) is 3.27. The fourth-order valence-electron chi connectivity index (χ4n) is 4.08. The third-order valence-electron chi connectivity index (χ3n) is 5.91. The van der Waals surface area contributed by atoms with Crippen LogP contribution in [0.4, 0.5) is 0 Å². The lowest BCUT2D eigenvalue weighted by atomic mass is 9.85. The van der Waals surface area contributed by atoms with E-state index in [1.165, 1.54) is 32.1 Å². The molecule has 140 valence electrons. The van der Waals surface area contributed by atoms with Crippen molar-refractivity contribution in [2.24, 2.45) is 0 Å². The van der Waals surface area contributed by atoms with Gasteiger partial charge in [-0.1, -0.05) is 12.8 Å². The molecule has 26 heavy (non-hydrogen) atoms. The minimum absolute atomic E-state index is 0.193. The molecule has 2 fully saturated rings. The second kappa shape index (κ2) is 7.35. The maximum Gasteiger partial charge on any atom is 0.233 e. The third-order valence-corrected chi connectivity index (χ3v) is 5.91. The molecule has 0 unspecified atom stereocenters. The maximum atomic E-state index is 6.08. The summed E-state index contributed by atoms with van der Waals surface area (Å²) in [7, 11) is 1.73. The van der Waals surface area contributed by atoms with Crippen molar-refractivity contribution in [2.45, 2.75) is 70.9 Å². The van der Waals surface area contributed by atoms with Gasteiger partial charge in [0, 0.05) is 29.8 Å². The molecule has 1 saturated carbocycles. The fraction of sp³-hybridized carbons (Fsp3) is 0.650. The van der Waals surface area contributed by atoms with Crippen molar-refractivity contribution in [1.82, 2.24) is 20.1 Å². The van der Waals surface area contributed by atoms with Crippen molar-refractivity contribution in [3.63, 3.8) is 0 Å². The molecule has 1 atom stereocenters. The van der Waals surface area contributed by atoms with Crippen LogP contribution in [0.15, 0.2) is 10.6 Å². The van der Waals surface area contributed by atoms with Crippen molar-refractivity contribution < 1.29 is 9.15 Å². The van der Waals surface area contributed by atoms with Crippen LogP contribution in [0, 0.1) is 13.8 Å². The van der Waals surface area contributed by atoms with E-state index in [2.05, 4.69) is 27.0 Å². The minimum Gasteiger partial charge on any atom is -0.496 e. The summed E-state index contributed by atoms with van der Waals surface area (Å²) >= 11 is 0. The molecule has 6 heteroatoms. The Hall–Kier alpha value is -1.95. The molecule has 2 aliphatic rings. The van der Waals surface area contributed by atoms with E-state index in [1.807, 2.05) is 13.1 Å². The number of aryl methyl sites for hydroxylation is 1. The lowest BCUT2D eigenvalue weighted by molar-refractivity contribution is 0.113. The molecule has 0 aromatic carbocycles. The first kappa shape index (κ1) is 17.5. The van der Waals surface area contributed by atoms with Gasteiger partial charge in [0.15, 0.2) is 0 Å². The van der Waals surface area contributed by atoms with Gasteiger partial charge in [-0.3, -0.25) is 9.88 Å². The number of piperidine rings is 1. The summed E-state index contributed by atoms with van der Waals surface area (Å²) in [6.07, 6.45) is 9.01. The minimum atomic E-state index is 0.193. The second-order valence-corrected chi connectivity index (χ2v) is 7.63. The summed E-state index contributed by atoms with van der Waals surface area (Å²) in [5.74, 6) is 3.04. The van der Waals surface area contributed by atoms with E-state index in [1.54, 1.807) is 7.11 Å². The predicted octanol–water partition coefficient (Wildman–Crippen LogP) is 4.08. The maximum absolute atomic E-state index is 6.08. The van der Waals surface area contributed by atoms with Gasteiger partial charge in [-0.05, 0) is 46.1 Å². The molecule has 1 aliphatic carbocycles. The monoisotopic (exact) mass is 356 g/mol. The average molecular weight is 356 g/mol. The molecule has 1 saturated heterocycles. The Bertz CT molecular complexity index is 769. The average Bonchev–Trinajstić information content (AvgIpc) is 3.06. The first-order chi connectivity index (χ1) is 12.7. The number of aromatic nitrogens is 3. The SMILES string of the molecule is COc1c(C)cnc(CN2CCCC[C@H]2c2nnc(C3CCC3)o2)c1C. The normalized spacial score (nSPS) is 21.6. The van der Waals surface area contributed by atoms with E-state index in [4.69, 9.17) is 9.15 Å². The first-order valence-corrected chi connectivity index (χ1v) is 9.73. The zero-order chi connectivity index (χ0) is 18.1. The Balaban J connectivity index is 1.55. The van der Waals surface area contributed by atoms with Crippen molar-refractivity contribution >= 4 is 0 Å². The highest BCUT2D eigenvalue weighted by Crippen LogP contribution is 2.38. The second-order valence-electron chi connectivity index (χ2n) is 7.63. The number of rotatable bonds is 5. The predicted molar refractivity (Wildman–Crippen MR) is 98.2 cm³/mol. The highest BCUT2D eigenvalue weighted by atomic mass is 16.5. The molecular weight excluding hydrogens is 328 g/mol. The largest absolute Gasteiger partial charge is 0.496 e. The zero-order valence-electron chi connectivity index (χ0n) is 16.0. The molecular formula is C20H28N4O2. The Morgan fingerprint density at radius 3 is 2.65 bits per heavy atom. The zero-order valence-corrected chi connectivity index (χ0v) is 16.0. The molecule has 2 aromatic heterocycles. The van der Waals surface area contributed by atoms with E-state index < -0.39 is 0 Å². The number of hydrogen-bond acceptors (Lipinski definition) is 6. The van der Waals surface area contributed by atoms with Gasteiger partial charge < -0.3 is 9.15 Å². The van der Waals surface area contributed by atoms with Gasteiger partial charge in [0.05, 0.1) is 18.8 Å². The van der Waals surface area contributed by atoms with E-state index in [0.29, 0.717) is 5.92 Å². The summed E-state index contributed by atoms with van der Waals surface area (Å²) in [4.78, 5) is 7.11. The van der Waals surface area contributed by atoms with E-state index in [0.717, 1.165) is 53.9 Å². The molecule has 3 heterocycles. The van der Waals surface area contributed by atoms with Crippen LogP contribution in [-0.2, 0) is 6.54 Å². The Morgan fingerprint density at radius 2 is 1.92 bits per heavy atom. The molecule has 2 aromatic rings. The van der Waals surface area contributed by atoms with Crippen LogP contribution < -0.4 is 4.74 Å². The molecule has 0 radical (unpaired) electrons. The van der Waals surface area contributed by atoms with E-state index in [-0.39, 0.29) is 6.04 Å². The lowest BCUT2D eigenvalue weighted by Gasteiger charge is -2.33. The summed E-state index contributed by atoms with van der Waals surface area (Å²) in [6.45, 7) is 5.94. The molecule has 1 aliphatic heterocycles. The Kier molecular flexibility index (Phi) is 4.94.